The molecule has 4 heteroatoms. The Hall–Kier alpha value is -1.03. The maximum absolute atomic E-state index is 12.1. The standard InChI is InChI=1S/C15H21F3O/c1-14(2,3)12-8-5-4-7-11(12)13(19)9-6-10-15(16,17)18/h4-5,7-8,13,19H,6,9-10H2,1-3H3. The summed E-state index contributed by atoms with van der Waals surface area (Å²) in [6, 6.07) is 7.39. The van der Waals surface area contributed by atoms with Crippen molar-refractivity contribution in [3.63, 3.8) is 0 Å². The Kier molecular flexibility index (Phi) is 5.02. The highest BCUT2D eigenvalue weighted by Gasteiger charge is 2.27. The van der Waals surface area contributed by atoms with Crippen molar-refractivity contribution >= 4 is 0 Å². The van der Waals surface area contributed by atoms with Gasteiger partial charge in [0.25, 0.3) is 0 Å². The zero-order chi connectivity index (χ0) is 14.7. The van der Waals surface area contributed by atoms with Crippen LogP contribution in [0.5, 0.6) is 0 Å². The summed E-state index contributed by atoms with van der Waals surface area (Å²) in [6.07, 6.45) is -5.75. The molecule has 0 bridgehead atoms. The van der Waals surface area contributed by atoms with Gasteiger partial charge in [-0.2, -0.15) is 13.2 Å². The van der Waals surface area contributed by atoms with Crippen LogP contribution in [0.15, 0.2) is 24.3 Å². The first kappa shape index (κ1) is 16.0. The lowest BCUT2D eigenvalue weighted by atomic mass is 9.81. The lowest BCUT2D eigenvalue weighted by molar-refractivity contribution is -0.136. The van der Waals surface area contributed by atoms with Crippen LogP contribution in [-0.2, 0) is 5.41 Å². The summed E-state index contributed by atoms with van der Waals surface area (Å²) in [5, 5.41) is 10.1. The van der Waals surface area contributed by atoms with E-state index >= 15 is 0 Å². The van der Waals surface area contributed by atoms with E-state index in [9.17, 15) is 18.3 Å². The molecular weight excluding hydrogens is 253 g/mol. The van der Waals surface area contributed by atoms with E-state index in [4.69, 9.17) is 0 Å². The fourth-order valence-electron chi connectivity index (χ4n) is 2.12. The summed E-state index contributed by atoms with van der Waals surface area (Å²) in [5.41, 5.74) is 1.58. The van der Waals surface area contributed by atoms with Crippen LogP contribution < -0.4 is 0 Å². The topological polar surface area (TPSA) is 20.2 Å². The highest BCUT2D eigenvalue weighted by atomic mass is 19.4. The molecule has 19 heavy (non-hydrogen) atoms. The minimum atomic E-state index is -4.15. The number of rotatable bonds is 4. The number of aliphatic hydroxyl groups is 1. The molecular formula is C15H21F3O. The van der Waals surface area contributed by atoms with Crippen LogP contribution in [0.1, 0.15) is 57.3 Å². The maximum Gasteiger partial charge on any atom is 0.389 e. The maximum atomic E-state index is 12.1. The zero-order valence-electron chi connectivity index (χ0n) is 11.6. The van der Waals surface area contributed by atoms with E-state index in [1.54, 1.807) is 12.1 Å². The summed E-state index contributed by atoms with van der Waals surface area (Å²) in [6.45, 7) is 6.07. The second kappa shape index (κ2) is 5.95. The van der Waals surface area contributed by atoms with E-state index in [1.165, 1.54) is 0 Å². The van der Waals surface area contributed by atoms with Crippen LogP contribution in [0.2, 0.25) is 0 Å². The molecule has 0 saturated heterocycles. The van der Waals surface area contributed by atoms with Crippen LogP contribution in [0.3, 0.4) is 0 Å². The first-order valence-corrected chi connectivity index (χ1v) is 6.45. The summed E-state index contributed by atoms with van der Waals surface area (Å²) >= 11 is 0. The Balaban J connectivity index is 2.75. The molecule has 1 aromatic carbocycles. The summed E-state index contributed by atoms with van der Waals surface area (Å²) in [5.74, 6) is 0. The normalized spacial score (nSPS) is 14.5. The zero-order valence-corrected chi connectivity index (χ0v) is 11.6. The Morgan fingerprint density at radius 3 is 2.21 bits per heavy atom. The Morgan fingerprint density at radius 2 is 1.68 bits per heavy atom. The number of aliphatic hydroxyl groups excluding tert-OH is 1. The van der Waals surface area contributed by atoms with E-state index in [2.05, 4.69) is 0 Å². The van der Waals surface area contributed by atoms with E-state index in [-0.39, 0.29) is 18.3 Å². The van der Waals surface area contributed by atoms with Gasteiger partial charge in [-0.3, -0.25) is 0 Å². The average Bonchev–Trinajstić information content (AvgIpc) is 2.26. The molecule has 1 N–H and O–H groups in total. The molecule has 1 rings (SSSR count). The van der Waals surface area contributed by atoms with Gasteiger partial charge in [0.1, 0.15) is 0 Å². The molecule has 0 spiro atoms. The van der Waals surface area contributed by atoms with E-state index in [1.807, 2.05) is 32.9 Å². The lowest BCUT2D eigenvalue weighted by Gasteiger charge is -2.25. The second-order valence-corrected chi connectivity index (χ2v) is 5.86. The van der Waals surface area contributed by atoms with Gasteiger partial charge in [0.2, 0.25) is 0 Å². The van der Waals surface area contributed by atoms with Gasteiger partial charge < -0.3 is 5.11 Å². The Labute approximate surface area is 112 Å². The van der Waals surface area contributed by atoms with Crippen molar-refractivity contribution in [2.75, 3.05) is 0 Å². The molecule has 0 fully saturated rings. The van der Waals surface area contributed by atoms with Gasteiger partial charge in [-0.1, -0.05) is 45.0 Å². The third kappa shape index (κ3) is 5.23. The molecule has 0 saturated carbocycles. The fourth-order valence-corrected chi connectivity index (χ4v) is 2.12. The molecule has 0 aliphatic heterocycles. The summed E-state index contributed by atoms with van der Waals surface area (Å²) in [4.78, 5) is 0. The van der Waals surface area contributed by atoms with Crippen molar-refractivity contribution in [1.29, 1.82) is 0 Å². The first-order chi connectivity index (χ1) is 8.61. The van der Waals surface area contributed by atoms with E-state index in [0.29, 0.717) is 0 Å². The second-order valence-electron chi connectivity index (χ2n) is 5.86. The third-order valence-corrected chi connectivity index (χ3v) is 3.07. The third-order valence-electron chi connectivity index (χ3n) is 3.07. The molecule has 1 unspecified atom stereocenters. The van der Waals surface area contributed by atoms with Crippen LogP contribution >= 0.6 is 0 Å². The largest absolute Gasteiger partial charge is 0.389 e. The van der Waals surface area contributed by atoms with Gasteiger partial charge in [0, 0.05) is 6.42 Å². The van der Waals surface area contributed by atoms with Crippen molar-refractivity contribution in [3.8, 4) is 0 Å². The predicted molar refractivity (Wildman–Crippen MR) is 70.0 cm³/mol. The smallest absolute Gasteiger partial charge is 0.388 e. The average molecular weight is 274 g/mol. The lowest BCUT2D eigenvalue weighted by Crippen LogP contribution is -2.16. The van der Waals surface area contributed by atoms with Crippen molar-refractivity contribution in [2.24, 2.45) is 0 Å². The van der Waals surface area contributed by atoms with Crippen molar-refractivity contribution in [3.05, 3.63) is 35.4 Å². The molecule has 0 radical (unpaired) electrons. The molecule has 0 heterocycles. The number of halogens is 3. The predicted octanol–water partition coefficient (Wildman–Crippen LogP) is 4.75. The highest BCUT2D eigenvalue weighted by molar-refractivity contribution is 5.34. The number of hydrogen-bond acceptors (Lipinski definition) is 1. The Bertz CT molecular complexity index is 405. The number of alkyl halides is 3. The molecule has 1 aromatic rings. The van der Waals surface area contributed by atoms with Crippen molar-refractivity contribution in [1.82, 2.24) is 0 Å². The molecule has 0 amide bonds. The molecule has 0 aliphatic carbocycles. The van der Waals surface area contributed by atoms with Gasteiger partial charge in [-0.05, 0) is 29.4 Å². The molecule has 1 nitrogen and oxygen atoms in total. The van der Waals surface area contributed by atoms with Crippen molar-refractivity contribution in [2.45, 2.75) is 57.7 Å². The van der Waals surface area contributed by atoms with Crippen molar-refractivity contribution < 1.29 is 18.3 Å². The van der Waals surface area contributed by atoms with Crippen LogP contribution in [-0.4, -0.2) is 11.3 Å². The van der Waals surface area contributed by atoms with E-state index in [0.717, 1.165) is 11.1 Å². The molecule has 1 atom stereocenters. The first-order valence-electron chi connectivity index (χ1n) is 6.45. The van der Waals surface area contributed by atoms with Crippen LogP contribution in [0.25, 0.3) is 0 Å². The van der Waals surface area contributed by atoms with Gasteiger partial charge >= 0.3 is 6.18 Å². The fraction of sp³-hybridized carbons (Fsp3) is 0.600. The molecule has 0 aliphatic rings. The summed E-state index contributed by atoms with van der Waals surface area (Å²) < 4.78 is 36.3. The summed E-state index contributed by atoms with van der Waals surface area (Å²) in [7, 11) is 0. The quantitative estimate of drug-likeness (QED) is 0.840. The number of hydrogen-bond donors (Lipinski definition) is 1. The molecule has 108 valence electrons. The minimum absolute atomic E-state index is 0.0524. The SMILES string of the molecule is CC(C)(C)c1ccccc1C(O)CCCC(F)(F)F. The van der Waals surface area contributed by atoms with Gasteiger partial charge in [0.15, 0.2) is 0 Å². The van der Waals surface area contributed by atoms with Crippen LogP contribution in [0.4, 0.5) is 13.2 Å². The molecule has 0 aromatic heterocycles. The van der Waals surface area contributed by atoms with Gasteiger partial charge in [-0.15, -0.1) is 0 Å². The monoisotopic (exact) mass is 274 g/mol. The minimum Gasteiger partial charge on any atom is -0.388 e. The van der Waals surface area contributed by atoms with E-state index < -0.39 is 18.7 Å². The van der Waals surface area contributed by atoms with Crippen LogP contribution in [0, 0.1) is 0 Å². The Morgan fingerprint density at radius 1 is 1.11 bits per heavy atom. The highest BCUT2D eigenvalue weighted by Crippen LogP contribution is 2.32. The van der Waals surface area contributed by atoms with Gasteiger partial charge in [-0.25, -0.2) is 0 Å². The van der Waals surface area contributed by atoms with Gasteiger partial charge in [0.05, 0.1) is 6.10 Å². The number of benzene rings is 1.